The number of pyridine rings is 1. The Kier molecular flexibility index (Phi) is 8.16. The van der Waals surface area contributed by atoms with Crippen molar-refractivity contribution < 1.29 is 14.2 Å². The van der Waals surface area contributed by atoms with Gasteiger partial charge in [-0.1, -0.05) is 35.9 Å². The van der Waals surface area contributed by atoms with E-state index in [1.807, 2.05) is 54.6 Å². The molecular weight excluding hydrogens is 456 g/mol. The molecule has 3 aromatic rings. The zero-order valence-corrected chi connectivity index (χ0v) is 18.4. The molecule has 0 unspecified atom stereocenters. The van der Waals surface area contributed by atoms with Gasteiger partial charge in [-0.25, -0.2) is 4.98 Å². The number of nitrogens with one attached hydrogen (secondary N) is 1. The zero-order chi connectivity index (χ0) is 20.5. The second kappa shape index (κ2) is 11.0. The summed E-state index contributed by atoms with van der Waals surface area (Å²) in [7, 11) is 1.63. The lowest BCUT2D eigenvalue weighted by Gasteiger charge is -2.15. The molecule has 0 aliphatic carbocycles. The second-order valence-electron chi connectivity index (χ2n) is 6.18. The Morgan fingerprint density at radius 1 is 1.07 bits per heavy atom. The monoisotopic (exact) mass is 476 g/mol. The van der Waals surface area contributed by atoms with Crippen LogP contribution in [0.1, 0.15) is 11.1 Å². The van der Waals surface area contributed by atoms with Crippen LogP contribution in [0.2, 0.25) is 5.02 Å². The summed E-state index contributed by atoms with van der Waals surface area (Å²) in [6, 6.07) is 17.2. The fraction of sp³-hybridized carbons (Fsp3) is 0.227. The largest absolute Gasteiger partial charge is 0.493 e. The Labute approximate surface area is 184 Å². The van der Waals surface area contributed by atoms with E-state index in [9.17, 15) is 0 Å². The van der Waals surface area contributed by atoms with Crippen LogP contribution in [0, 0.1) is 0 Å². The van der Waals surface area contributed by atoms with Crippen LogP contribution in [0.15, 0.2) is 65.3 Å². The minimum atomic E-state index is 0.358. The van der Waals surface area contributed by atoms with Crippen molar-refractivity contribution >= 4 is 27.5 Å². The van der Waals surface area contributed by atoms with Crippen molar-refractivity contribution in [2.24, 2.45) is 0 Å². The Morgan fingerprint density at radius 2 is 1.90 bits per heavy atom. The Balaban J connectivity index is 1.54. The quantitative estimate of drug-likeness (QED) is 0.404. The lowest BCUT2D eigenvalue weighted by Crippen LogP contribution is -2.20. The molecule has 0 aliphatic heterocycles. The predicted octanol–water partition coefficient (Wildman–Crippen LogP) is 5.25. The van der Waals surface area contributed by atoms with Gasteiger partial charge in [-0.15, -0.1) is 0 Å². The summed E-state index contributed by atoms with van der Waals surface area (Å²) in [6.45, 7) is 2.26. The molecule has 0 spiro atoms. The Hall–Kier alpha value is -2.28. The molecular formula is C22H22BrClN2O3. The third-order valence-electron chi connectivity index (χ3n) is 4.11. The number of aromatic nitrogens is 1. The maximum atomic E-state index is 6.21. The summed E-state index contributed by atoms with van der Waals surface area (Å²) >= 11 is 9.79. The fourth-order valence-electron chi connectivity index (χ4n) is 2.67. The van der Waals surface area contributed by atoms with Crippen molar-refractivity contribution in [3.05, 3.63) is 81.4 Å². The van der Waals surface area contributed by atoms with Crippen molar-refractivity contribution in [3.63, 3.8) is 0 Å². The van der Waals surface area contributed by atoms with Gasteiger partial charge in [-0.05, 0) is 45.8 Å². The highest BCUT2D eigenvalue weighted by molar-refractivity contribution is 9.10. The first-order chi connectivity index (χ1) is 14.2. The first-order valence-corrected chi connectivity index (χ1v) is 10.3. The number of benzene rings is 2. The maximum Gasteiger partial charge on any atom is 0.213 e. The third-order valence-corrected chi connectivity index (χ3v) is 5.07. The third kappa shape index (κ3) is 6.35. The minimum Gasteiger partial charge on any atom is -0.493 e. The van der Waals surface area contributed by atoms with E-state index in [0.29, 0.717) is 48.7 Å². The molecule has 1 heterocycles. The van der Waals surface area contributed by atoms with E-state index in [4.69, 9.17) is 25.8 Å². The molecule has 1 aromatic heterocycles. The molecule has 0 fully saturated rings. The van der Waals surface area contributed by atoms with Gasteiger partial charge in [0.05, 0.1) is 11.6 Å². The number of nitrogens with zero attached hydrogens (tertiary/aromatic N) is 1. The molecule has 2 aromatic carbocycles. The molecule has 152 valence electrons. The molecule has 1 N–H and O–H groups in total. The van der Waals surface area contributed by atoms with E-state index in [-0.39, 0.29) is 0 Å². The summed E-state index contributed by atoms with van der Waals surface area (Å²) < 4.78 is 17.9. The standard InChI is InChI=1S/C22H22BrClN2O3/c1-27-20-13-16(14-25-10-11-28-21-8-4-5-9-26-21)12-18(23)22(20)29-15-17-6-2-3-7-19(17)24/h2-9,12-13,25H,10-11,14-15H2,1H3. The molecule has 29 heavy (non-hydrogen) atoms. The first-order valence-electron chi connectivity index (χ1n) is 9.14. The highest BCUT2D eigenvalue weighted by Crippen LogP contribution is 2.37. The number of hydrogen-bond acceptors (Lipinski definition) is 5. The second-order valence-corrected chi connectivity index (χ2v) is 7.44. The summed E-state index contributed by atoms with van der Waals surface area (Å²) in [5, 5.41) is 4.02. The van der Waals surface area contributed by atoms with Crippen LogP contribution in [0.4, 0.5) is 0 Å². The van der Waals surface area contributed by atoms with Crippen LogP contribution in [0.5, 0.6) is 17.4 Å². The van der Waals surface area contributed by atoms with Crippen LogP contribution >= 0.6 is 27.5 Å². The van der Waals surface area contributed by atoms with Gasteiger partial charge in [0.2, 0.25) is 5.88 Å². The van der Waals surface area contributed by atoms with Crippen molar-refractivity contribution in [2.45, 2.75) is 13.2 Å². The number of halogens is 2. The lowest BCUT2D eigenvalue weighted by atomic mass is 10.2. The number of hydrogen-bond donors (Lipinski definition) is 1. The van der Waals surface area contributed by atoms with Gasteiger partial charge in [-0.3, -0.25) is 0 Å². The molecule has 0 bridgehead atoms. The molecule has 5 nitrogen and oxygen atoms in total. The van der Waals surface area contributed by atoms with Gasteiger partial charge in [0.25, 0.3) is 0 Å². The van der Waals surface area contributed by atoms with Crippen LogP contribution < -0.4 is 19.5 Å². The van der Waals surface area contributed by atoms with Crippen molar-refractivity contribution in [1.29, 1.82) is 0 Å². The maximum absolute atomic E-state index is 6.21. The van der Waals surface area contributed by atoms with Crippen LogP contribution in [-0.2, 0) is 13.2 Å². The summed E-state index contributed by atoms with van der Waals surface area (Å²) in [5.74, 6) is 1.93. The van der Waals surface area contributed by atoms with E-state index in [1.165, 1.54) is 0 Å². The van der Waals surface area contributed by atoms with Crippen molar-refractivity contribution in [3.8, 4) is 17.4 Å². The molecule has 0 amide bonds. The van der Waals surface area contributed by atoms with E-state index in [1.54, 1.807) is 13.3 Å². The summed E-state index contributed by atoms with van der Waals surface area (Å²) in [5.41, 5.74) is 1.98. The van der Waals surface area contributed by atoms with Gasteiger partial charge in [0.1, 0.15) is 13.2 Å². The molecule has 0 atom stereocenters. The first kappa shape index (κ1) is 21.4. The van der Waals surface area contributed by atoms with Gasteiger partial charge in [0.15, 0.2) is 11.5 Å². The van der Waals surface area contributed by atoms with Gasteiger partial charge in [-0.2, -0.15) is 0 Å². The molecule has 0 saturated carbocycles. The fourth-order valence-corrected chi connectivity index (χ4v) is 3.47. The van der Waals surface area contributed by atoms with E-state index < -0.39 is 0 Å². The number of ether oxygens (including phenoxy) is 3. The van der Waals surface area contributed by atoms with Crippen molar-refractivity contribution in [2.75, 3.05) is 20.3 Å². The van der Waals surface area contributed by atoms with E-state index in [0.717, 1.165) is 15.6 Å². The molecule has 0 saturated heterocycles. The predicted molar refractivity (Wildman–Crippen MR) is 118 cm³/mol. The van der Waals surface area contributed by atoms with E-state index in [2.05, 4.69) is 26.2 Å². The van der Waals surface area contributed by atoms with E-state index >= 15 is 0 Å². The lowest BCUT2D eigenvalue weighted by molar-refractivity contribution is 0.282. The normalized spacial score (nSPS) is 10.6. The molecule has 3 rings (SSSR count). The summed E-state index contributed by atoms with van der Waals surface area (Å²) in [4.78, 5) is 4.13. The number of rotatable bonds is 10. The van der Waals surface area contributed by atoms with Gasteiger partial charge < -0.3 is 19.5 Å². The average molecular weight is 478 g/mol. The SMILES string of the molecule is COc1cc(CNCCOc2ccccn2)cc(Br)c1OCc1ccccc1Cl. The molecule has 0 aliphatic rings. The Bertz CT molecular complexity index is 925. The Morgan fingerprint density at radius 3 is 2.66 bits per heavy atom. The highest BCUT2D eigenvalue weighted by Gasteiger charge is 2.13. The highest BCUT2D eigenvalue weighted by atomic mass is 79.9. The summed E-state index contributed by atoms with van der Waals surface area (Å²) in [6.07, 6.45) is 1.71. The van der Waals surface area contributed by atoms with Gasteiger partial charge in [0, 0.05) is 35.9 Å². The minimum absolute atomic E-state index is 0.358. The molecule has 0 radical (unpaired) electrons. The topological polar surface area (TPSA) is 52.6 Å². The zero-order valence-electron chi connectivity index (χ0n) is 16.0. The van der Waals surface area contributed by atoms with Crippen LogP contribution in [-0.4, -0.2) is 25.2 Å². The smallest absolute Gasteiger partial charge is 0.213 e. The van der Waals surface area contributed by atoms with Gasteiger partial charge >= 0.3 is 0 Å². The van der Waals surface area contributed by atoms with Crippen LogP contribution in [0.3, 0.4) is 0 Å². The molecule has 7 heteroatoms. The van der Waals surface area contributed by atoms with Crippen molar-refractivity contribution in [1.82, 2.24) is 10.3 Å². The average Bonchev–Trinajstić information content (AvgIpc) is 2.74. The van der Waals surface area contributed by atoms with Crippen LogP contribution in [0.25, 0.3) is 0 Å². The number of methoxy groups -OCH3 is 1.